The summed E-state index contributed by atoms with van der Waals surface area (Å²) in [6.07, 6.45) is 0.930. The van der Waals surface area contributed by atoms with Crippen molar-refractivity contribution in [2.24, 2.45) is 0 Å². The number of pyridine rings is 1. The average Bonchev–Trinajstić information content (AvgIpc) is 3.33. The summed E-state index contributed by atoms with van der Waals surface area (Å²) >= 11 is 3.17. The molecule has 2 aliphatic rings. The van der Waals surface area contributed by atoms with E-state index in [0.29, 0.717) is 10.6 Å². The van der Waals surface area contributed by atoms with Gasteiger partial charge >= 0.3 is 0 Å². The Bertz CT molecular complexity index is 1070. The molecule has 0 radical (unpaired) electrons. The summed E-state index contributed by atoms with van der Waals surface area (Å²) in [5.74, 6) is 0.0468. The molecular formula is C21H25N5OS2. The Balaban J connectivity index is 1.72. The monoisotopic (exact) mass is 427 g/mol. The zero-order valence-electron chi connectivity index (χ0n) is 16.8. The molecule has 0 aromatic carbocycles. The fourth-order valence-corrected chi connectivity index (χ4v) is 6.09. The van der Waals surface area contributed by atoms with E-state index >= 15 is 0 Å². The van der Waals surface area contributed by atoms with Gasteiger partial charge in [0.15, 0.2) is 0 Å². The molecule has 0 aliphatic carbocycles. The van der Waals surface area contributed by atoms with Crippen LogP contribution in [0.25, 0.3) is 20.7 Å². The summed E-state index contributed by atoms with van der Waals surface area (Å²) in [7, 11) is 4.24. The number of aromatic nitrogens is 1. The second-order valence-electron chi connectivity index (χ2n) is 7.99. The Morgan fingerprint density at radius 1 is 1.14 bits per heavy atom. The first-order valence-electron chi connectivity index (χ1n) is 9.97. The molecule has 1 fully saturated rings. The molecule has 0 atom stereocenters. The maximum absolute atomic E-state index is 13.6. The molecule has 5 rings (SSSR count). The molecule has 5 heterocycles. The molecule has 0 spiro atoms. The quantitative estimate of drug-likeness (QED) is 0.681. The van der Waals surface area contributed by atoms with Crippen LogP contribution < -0.4 is 5.73 Å². The van der Waals surface area contributed by atoms with Gasteiger partial charge in [0.05, 0.1) is 5.56 Å². The summed E-state index contributed by atoms with van der Waals surface area (Å²) < 4.78 is 0. The first-order valence-corrected chi connectivity index (χ1v) is 11.7. The smallest absolute Gasteiger partial charge is 0.257 e. The Morgan fingerprint density at radius 3 is 2.66 bits per heavy atom. The fourth-order valence-electron chi connectivity index (χ4n) is 4.33. The van der Waals surface area contributed by atoms with Crippen LogP contribution in [0.4, 0.5) is 5.00 Å². The standard InChI is InChI=1S/C21H25N5OS2/c1-24-7-9-26(10-8-24)21(27)18-17-16(15-4-3-11-28-15)13-12-25(2)6-5-14(13)23-20(17)29-19(18)22/h3-4,11H,5-10,12,22H2,1-2H3. The Kier molecular flexibility index (Phi) is 4.82. The van der Waals surface area contributed by atoms with Gasteiger partial charge in [0, 0.05) is 67.2 Å². The number of nitrogens with zero attached hydrogens (tertiary/aromatic N) is 4. The minimum Gasteiger partial charge on any atom is -0.390 e. The number of likely N-dealkylation sites (N-methyl/N-ethyl adjacent to an activating group) is 2. The normalized spacial score (nSPS) is 18.3. The van der Waals surface area contributed by atoms with E-state index in [9.17, 15) is 4.79 Å². The minimum absolute atomic E-state index is 0.0468. The number of nitrogen functional groups attached to an aromatic ring is 1. The molecule has 29 heavy (non-hydrogen) atoms. The number of anilines is 1. The SMILES string of the molecule is CN1CCN(C(=O)c2c(N)sc3nc4c(c(-c5cccs5)c23)CN(C)CC4)CC1. The molecular weight excluding hydrogens is 402 g/mol. The molecule has 1 saturated heterocycles. The van der Waals surface area contributed by atoms with Crippen LogP contribution in [0.2, 0.25) is 0 Å². The van der Waals surface area contributed by atoms with Crippen LogP contribution in [-0.2, 0) is 13.0 Å². The van der Waals surface area contributed by atoms with E-state index in [1.165, 1.54) is 21.8 Å². The molecule has 2 N–H and O–H groups in total. The highest BCUT2D eigenvalue weighted by Gasteiger charge is 2.31. The third kappa shape index (κ3) is 3.24. The number of thiophene rings is 2. The molecule has 3 aromatic rings. The highest BCUT2D eigenvalue weighted by molar-refractivity contribution is 7.23. The average molecular weight is 428 g/mol. The van der Waals surface area contributed by atoms with Gasteiger partial charge in [-0.1, -0.05) is 17.4 Å². The van der Waals surface area contributed by atoms with Crippen molar-refractivity contribution in [1.29, 1.82) is 0 Å². The van der Waals surface area contributed by atoms with Crippen LogP contribution in [0, 0.1) is 0 Å². The van der Waals surface area contributed by atoms with E-state index in [4.69, 9.17) is 10.7 Å². The molecule has 8 heteroatoms. The first-order chi connectivity index (χ1) is 14.0. The van der Waals surface area contributed by atoms with Crippen molar-refractivity contribution in [3.63, 3.8) is 0 Å². The fraction of sp³-hybridized carbons (Fsp3) is 0.429. The van der Waals surface area contributed by atoms with E-state index in [-0.39, 0.29) is 5.91 Å². The number of carbonyl (C=O) groups is 1. The molecule has 152 valence electrons. The number of fused-ring (bicyclic) bond motifs is 2. The van der Waals surface area contributed by atoms with Gasteiger partial charge < -0.3 is 20.4 Å². The second kappa shape index (κ2) is 7.36. The van der Waals surface area contributed by atoms with Gasteiger partial charge in [0.25, 0.3) is 5.91 Å². The number of amides is 1. The van der Waals surface area contributed by atoms with Gasteiger partial charge in [-0.15, -0.1) is 11.3 Å². The molecule has 0 bridgehead atoms. The number of hydrogen-bond donors (Lipinski definition) is 1. The zero-order chi connectivity index (χ0) is 20.1. The summed E-state index contributed by atoms with van der Waals surface area (Å²) in [5, 5.41) is 3.64. The highest BCUT2D eigenvalue weighted by Crippen LogP contribution is 2.44. The van der Waals surface area contributed by atoms with E-state index in [1.807, 2.05) is 4.90 Å². The van der Waals surface area contributed by atoms with Gasteiger partial charge in [-0.3, -0.25) is 4.79 Å². The Morgan fingerprint density at radius 2 is 1.93 bits per heavy atom. The van der Waals surface area contributed by atoms with Gasteiger partial charge in [0.2, 0.25) is 0 Å². The van der Waals surface area contributed by atoms with Gasteiger partial charge in [-0.05, 0) is 31.1 Å². The van der Waals surface area contributed by atoms with Gasteiger partial charge in [-0.2, -0.15) is 0 Å². The van der Waals surface area contributed by atoms with Gasteiger partial charge in [-0.25, -0.2) is 4.98 Å². The lowest BCUT2D eigenvalue weighted by Crippen LogP contribution is -2.47. The number of hydrogen-bond acceptors (Lipinski definition) is 7. The van der Waals surface area contributed by atoms with Crippen LogP contribution >= 0.6 is 22.7 Å². The zero-order valence-corrected chi connectivity index (χ0v) is 18.4. The lowest BCUT2D eigenvalue weighted by Gasteiger charge is -2.32. The third-order valence-electron chi connectivity index (χ3n) is 5.98. The van der Waals surface area contributed by atoms with Crippen LogP contribution in [0.3, 0.4) is 0 Å². The molecule has 0 unspecified atom stereocenters. The summed E-state index contributed by atoms with van der Waals surface area (Å²) in [6.45, 7) is 5.11. The molecule has 6 nitrogen and oxygen atoms in total. The van der Waals surface area contributed by atoms with Crippen molar-refractivity contribution in [3.05, 3.63) is 34.3 Å². The van der Waals surface area contributed by atoms with Crippen molar-refractivity contribution in [3.8, 4) is 10.4 Å². The first kappa shape index (κ1) is 19.0. The van der Waals surface area contributed by atoms with Crippen molar-refractivity contribution >= 4 is 43.8 Å². The Labute approximate surface area is 178 Å². The molecule has 2 aliphatic heterocycles. The number of carbonyl (C=O) groups excluding carboxylic acids is 1. The van der Waals surface area contributed by atoms with E-state index < -0.39 is 0 Å². The predicted molar refractivity (Wildman–Crippen MR) is 121 cm³/mol. The lowest BCUT2D eigenvalue weighted by molar-refractivity contribution is 0.0667. The van der Waals surface area contributed by atoms with E-state index in [2.05, 4.69) is 41.4 Å². The topological polar surface area (TPSA) is 65.7 Å². The predicted octanol–water partition coefficient (Wildman–Crippen LogP) is 2.98. The Hall–Kier alpha value is -2.00. The highest BCUT2D eigenvalue weighted by atomic mass is 32.1. The molecule has 1 amide bonds. The van der Waals surface area contributed by atoms with E-state index in [0.717, 1.165) is 67.2 Å². The summed E-state index contributed by atoms with van der Waals surface area (Å²) in [4.78, 5) is 27.1. The molecule has 0 saturated carbocycles. The van der Waals surface area contributed by atoms with Gasteiger partial charge in [0.1, 0.15) is 9.83 Å². The van der Waals surface area contributed by atoms with E-state index in [1.54, 1.807) is 11.3 Å². The van der Waals surface area contributed by atoms with Crippen molar-refractivity contribution in [2.75, 3.05) is 52.6 Å². The van der Waals surface area contributed by atoms with Crippen LogP contribution in [-0.4, -0.2) is 72.4 Å². The van der Waals surface area contributed by atoms with Crippen LogP contribution in [0.5, 0.6) is 0 Å². The summed E-state index contributed by atoms with van der Waals surface area (Å²) in [6, 6.07) is 4.22. The van der Waals surface area contributed by atoms with Crippen molar-refractivity contribution in [2.45, 2.75) is 13.0 Å². The van der Waals surface area contributed by atoms with Crippen LogP contribution in [0.1, 0.15) is 21.6 Å². The van der Waals surface area contributed by atoms with Crippen molar-refractivity contribution in [1.82, 2.24) is 19.7 Å². The van der Waals surface area contributed by atoms with Crippen LogP contribution in [0.15, 0.2) is 17.5 Å². The maximum atomic E-state index is 13.6. The number of rotatable bonds is 2. The second-order valence-corrected chi connectivity index (χ2v) is 9.97. The maximum Gasteiger partial charge on any atom is 0.257 e. The lowest BCUT2D eigenvalue weighted by atomic mass is 9.94. The minimum atomic E-state index is 0.0468. The summed E-state index contributed by atoms with van der Waals surface area (Å²) in [5.41, 5.74) is 10.7. The number of piperazine rings is 1. The largest absolute Gasteiger partial charge is 0.390 e. The number of nitrogens with two attached hydrogens (primary N) is 1. The molecule has 3 aromatic heterocycles. The van der Waals surface area contributed by atoms with Crippen molar-refractivity contribution < 1.29 is 4.79 Å². The third-order valence-corrected chi connectivity index (χ3v) is 7.78.